The maximum atomic E-state index is 5.85. The Morgan fingerprint density at radius 1 is 1.27 bits per heavy atom. The van der Waals surface area contributed by atoms with Crippen molar-refractivity contribution in [1.29, 1.82) is 0 Å². The molecule has 15 heavy (non-hydrogen) atoms. The second kappa shape index (κ2) is 7.43. The second-order valence-corrected chi connectivity index (χ2v) is 3.68. The van der Waals surface area contributed by atoms with Gasteiger partial charge >= 0.3 is 0 Å². The summed E-state index contributed by atoms with van der Waals surface area (Å²) in [5.74, 6) is 0. The smallest absolute Gasteiger partial charge is 0.0949 e. The minimum Gasteiger partial charge on any atom is -0.372 e. The first-order valence-electron chi connectivity index (χ1n) is 5.69. The van der Waals surface area contributed by atoms with Crippen LogP contribution >= 0.6 is 0 Å². The van der Waals surface area contributed by atoms with Crippen molar-refractivity contribution in [3.05, 3.63) is 35.9 Å². The van der Waals surface area contributed by atoms with Gasteiger partial charge in [0.25, 0.3) is 0 Å². The van der Waals surface area contributed by atoms with E-state index in [-0.39, 0.29) is 6.10 Å². The highest BCUT2D eigenvalue weighted by Crippen LogP contribution is 2.16. The molecule has 0 saturated heterocycles. The van der Waals surface area contributed by atoms with Crippen LogP contribution in [0.25, 0.3) is 0 Å². The van der Waals surface area contributed by atoms with Gasteiger partial charge in [0, 0.05) is 13.2 Å². The number of benzene rings is 1. The average Bonchev–Trinajstić information content (AvgIpc) is 2.29. The zero-order chi connectivity index (χ0) is 10.9. The Kier molecular flexibility index (Phi) is 6.05. The third kappa shape index (κ3) is 4.45. The highest BCUT2D eigenvalue weighted by Gasteiger charge is 2.09. The van der Waals surface area contributed by atoms with Crippen molar-refractivity contribution in [2.75, 3.05) is 20.2 Å². The standard InChI is InChI=1S/C13H21NO/c1-3-4-10-15-13(11-14-2)12-8-6-5-7-9-12/h5-9,13-14H,3-4,10-11H2,1-2H3. The van der Waals surface area contributed by atoms with Gasteiger partial charge in [-0.2, -0.15) is 0 Å². The molecule has 2 nitrogen and oxygen atoms in total. The van der Waals surface area contributed by atoms with E-state index in [0.717, 1.165) is 19.6 Å². The third-order valence-corrected chi connectivity index (χ3v) is 2.38. The van der Waals surface area contributed by atoms with Gasteiger partial charge in [-0.25, -0.2) is 0 Å². The lowest BCUT2D eigenvalue weighted by atomic mass is 10.1. The first-order chi connectivity index (χ1) is 7.38. The van der Waals surface area contributed by atoms with E-state index in [0.29, 0.717) is 0 Å². The molecule has 1 unspecified atom stereocenters. The van der Waals surface area contributed by atoms with E-state index in [1.54, 1.807) is 0 Å². The maximum Gasteiger partial charge on any atom is 0.0949 e. The Labute approximate surface area is 92.6 Å². The summed E-state index contributed by atoms with van der Waals surface area (Å²) in [4.78, 5) is 0. The van der Waals surface area contributed by atoms with E-state index in [2.05, 4.69) is 36.5 Å². The minimum absolute atomic E-state index is 0.183. The molecule has 1 aromatic carbocycles. The number of likely N-dealkylation sites (N-methyl/N-ethyl adjacent to an activating group) is 1. The molecule has 0 amide bonds. The Hall–Kier alpha value is -0.860. The summed E-state index contributed by atoms with van der Waals surface area (Å²) in [5.41, 5.74) is 1.25. The molecule has 1 aromatic rings. The van der Waals surface area contributed by atoms with Crippen molar-refractivity contribution in [1.82, 2.24) is 5.32 Å². The summed E-state index contributed by atoms with van der Waals surface area (Å²) in [6.45, 7) is 3.89. The van der Waals surface area contributed by atoms with Gasteiger partial charge in [-0.05, 0) is 19.0 Å². The van der Waals surface area contributed by atoms with Gasteiger partial charge in [-0.15, -0.1) is 0 Å². The molecule has 0 bridgehead atoms. The van der Waals surface area contributed by atoms with E-state index in [9.17, 15) is 0 Å². The lowest BCUT2D eigenvalue weighted by Gasteiger charge is -2.17. The highest BCUT2D eigenvalue weighted by molar-refractivity contribution is 5.17. The normalized spacial score (nSPS) is 12.7. The van der Waals surface area contributed by atoms with Crippen LogP contribution in [0.5, 0.6) is 0 Å². The number of rotatable bonds is 7. The molecule has 0 fully saturated rings. The SMILES string of the molecule is CCCCOC(CNC)c1ccccc1. The molecule has 0 heterocycles. The summed E-state index contributed by atoms with van der Waals surface area (Å²) in [5, 5.41) is 3.17. The quantitative estimate of drug-likeness (QED) is 0.694. The fourth-order valence-corrected chi connectivity index (χ4v) is 1.50. The van der Waals surface area contributed by atoms with Crippen molar-refractivity contribution < 1.29 is 4.74 Å². The Morgan fingerprint density at radius 3 is 2.60 bits per heavy atom. The van der Waals surface area contributed by atoms with Gasteiger partial charge in [0.05, 0.1) is 6.10 Å². The summed E-state index contributed by atoms with van der Waals surface area (Å²) < 4.78 is 5.85. The van der Waals surface area contributed by atoms with Gasteiger partial charge in [0.1, 0.15) is 0 Å². The van der Waals surface area contributed by atoms with Crippen molar-refractivity contribution in [2.24, 2.45) is 0 Å². The number of unbranched alkanes of at least 4 members (excludes halogenated alkanes) is 1. The molecule has 0 aliphatic carbocycles. The van der Waals surface area contributed by atoms with Gasteiger partial charge in [0.2, 0.25) is 0 Å². The van der Waals surface area contributed by atoms with Gasteiger partial charge < -0.3 is 10.1 Å². The molecule has 0 aliphatic rings. The highest BCUT2D eigenvalue weighted by atomic mass is 16.5. The Morgan fingerprint density at radius 2 is 2.00 bits per heavy atom. The number of ether oxygens (including phenoxy) is 1. The van der Waals surface area contributed by atoms with Gasteiger partial charge in [-0.1, -0.05) is 43.7 Å². The van der Waals surface area contributed by atoms with Crippen LogP contribution in [0.15, 0.2) is 30.3 Å². The Bertz CT molecular complexity index is 248. The van der Waals surface area contributed by atoms with Crippen LogP contribution in [-0.4, -0.2) is 20.2 Å². The van der Waals surface area contributed by atoms with Crippen molar-refractivity contribution in [2.45, 2.75) is 25.9 Å². The molecule has 84 valence electrons. The first kappa shape index (κ1) is 12.2. The van der Waals surface area contributed by atoms with Crippen LogP contribution in [-0.2, 0) is 4.74 Å². The third-order valence-electron chi connectivity index (χ3n) is 2.38. The zero-order valence-electron chi connectivity index (χ0n) is 9.70. The van der Waals surface area contributed by atoms with Crippen LogP contribution in [0, 0.1) is 0 Å². The average molecular weight is 207 g/mol. The molecule has 0 spiro atoms. The van der Waals surface area contributed by atoms with Crippen LogP contribution < -0.4 is 5.32 Å². The van der Waals surface area contributed by atoms with E-state index in [1.807, 2.05) is 13.1 Å². The largest absolute Gasteiger partial charge is 0.372 e. The molecule has 0 saturated carbocycles. The molecule has 1 atom stereocenters. The summed E-state index contributed by atoms with van der Waals surface area (Å²) >= 11 is 0. The van der Waals surface area contributed by atoms with E-state index in [1.165, 1.54) is 12.0 Å². The Balaban J connectivity index is 2.50. The minimum atomic E-state index is 0.183. The maximum absolute atomic E-state index is 5.85. The summed E-state index contributed by atoms with van der Waals surface area (Å²) in [6.07, 6.45) is 2.50. The molecular weight excluding hydrogens is 186 g/mol. The van der Waals surface area contributed by atoms with E-state index < -0.39 is 0 Å². The topological polar surface area (TPSA) is 21.3 Å². The summed E-state index contributed by atoms with van der Waals surface area (Å²) in [7, 11) is 1.96. The number of nitrogens with one attached hydrogen (secondary N) is 1. The molecule has 1 N–H and O–H groups in total. The monoisotopic (exact) mass is 207 g/mol. The molecular formula is C13H21NO. The van der Waals surface area contributed by atoms with E-state index >= 15 is 0 Å². The fourth-order valence-electron chi connectivity index (χ4n) is 1.50. The molecule has 0 aromatic heterocycles. The first-order valence-corrected chi connectivity index (χ1v) is 5.69. The van der Waals surface area contributed by atoms with Crippen LogP contribution in [0.1, 0.15) is 31.4 Å². The molecule has 2 heteroatoms. The number of hydrogen-bond donors (Lipinski definition) is 1. The fraction of sp³-hybridized carbons (Fsp3) is 0.538. The molecule has 1 rings (SSSR count). The second-order valence-electron chi connectivity index (χ2n) is 3.68. The lowest BCUT2D eigenvalue weighted by molar-refractivity contribution is 0.0519. The van der Waals surface area contributed by atoms with E-state index in [4.69, 9.17) is 4.74 Å². The van der Waals surface area contributed by atoms with Crippen LogP contribution in [0.2, 0.25) is 0 Å². The molecule has 0 aliphatic heterocycles. The predicted molar refractivity (Wildman–Crippen MR) is 64.0 cm³/mol. The number of hydrogen-bond acceptors (Lipinski definition) is 2. The predicted octanol–water partition coefficient (Wildman–Crippen LogP) is 2.76. The van der Waals surface area contributed by atoms with Crippen molar-refractivity contribution >= 4 is 0 Å². The lowest BCUT2D eigenvalue weighted by Crippen LogP contribution is -2.20. The molecule has 0 radical (unpaired) electrons. The summed E-state index contributed by atoms with van der Waals surface area (Å²) in [6, 6.07) is 10.4. The van der Waals surface area contributed by atoms with Crippen molar-refractivity contribution in [3.63, 3.8) is 0 Å². The van der Waals surface area contributed by atoms with Crippen molar-refractivity contribution in [3.8, 4) is 0 Å². The zero-order valence-corrected chi connectivity index (χ0v) is 9.70. The van der Waals surface area contributed by atoms with Gasteiger partial charge in [-0.3, -0.25) is 0 Å². The van der Waals surface area contributed by atoms with Gasteiger partial charge in [0.15, 0.2) is 0 Å². The van der Waals surface area contributed by atoms with Crippen LogP contribution in [0.4, 0.5) is 0 Å². The van der Waals surface area contributed by atoms with Crippen LogP contribution in [0.3, 0.4) is 0 Å².